The van der Waals surface area contributed by atoms with E-state index in [2.05, 4.69) is 43.7 Å². The molecule has 1 fully saturated rings. The van der Waals surface area contributed by atoms with Crippen LogP contribution < -0.4 is 0 Å². The van der Waals surface area contributed by atoms with Gasteiger partial charge in [-0.1, -0.05) is 58.0 Å². The van der Waals surface area contributed by atoms with Crippen LogP contribution in [-0.4, -0.2) is 22.6 Å². The van der Waals surface area contributed by atoms with Gasteiger partial charge in [-0.3, -0.25) is 4.90 Å². The molecule has 1 aliphatic rings. The monoisotopic (exact) mass is 389 g/mol. The number of hydrogen-bond acceptors (Lipinski definition) is 2. The van der Waals surface area contributed by atoms with Crippen LogP contribution in [0.15, 0.2) is 27.1 Å². The third kappa shape index (κ3) is 4.03. The van der Waals surface area contributed by atoms with E-state index in [9.17, 15) is 5.11 Å². The topological polar surface area (TPSA) is 23.5 Å². The second-order valence-corrected chi connectivity index (χ2v) is 7.03. The van der Waals surface area contributed by atoms with Crippen LogP contribution in [0.1, 0.15) is 50.8 Å². The number of halogens is 2. The van der Waals surface area contributed by atoms with Crippen LogP contribution in [-0.2, 0) is 0 Å². The van der Waals surface area contributed by atoms with E-state index in [4.69, 9.17) is 0 Å². The fraction of sp³-hybridized carbons (Fsp3) is 0.600. The summed E-state index contributed by atoms with van der Waals surface area (Å²) in [6, 6.07) is 6.51. The third-order valence-corrected chi connectivity index (χ3v) is 4.82. The van der Waals surface area contributed by atoms with Gasteiger partial charge in [0, 0.05) is 15.0 Å². The molecule has 19 heavy (non-hydrogen) atoms. The second kappa shape index (κ2) is 7.21. The fourth-order valence-corrected chi connectivity index (χ4v) is 4.29. The van der Waals surface area contributed by atoms with Crippen molar-refractivity contribution < 1.29 is 5.11 Å². The summed E-state index contributed by atoms with van der Waals surface area (Å²) in [5, 5.41) is 10.7. The molecule has 1 saturated carbocycles. The molecule has 0 saturated heterocycles. The minimum Gasteiger partial charge on any atom is -0.374 e. The summed E-state index contributed by atoms with van der Waals surface area (Å²) in [5.74, 6) is 0. The molecule has 0 bridgehead atoms. The largest absolute Gasteiger partial charge is 0.374 e. The summed E-state index contributed by atoms with van der Waals surface area (Å²) in [7, 11) is 0. The molecule has 0 spiro atoms. The van der Waals surface area contributed by atoms with Crippen LogP contribution in [0.4, 0.5) is 0 Å². The minimum atomic E-state index is -0.512. The van der Waals surface area contributed by atoms with Gasteiger partial charge in [0.2, 0.25) is 0 Å². The molecule has 0 aliphatic heterocycles. The van der Waals surface area contributed by atoms with Crippen molar-refractivity contribution in [1.29, 1.82) is 0 Å². The molecule has 4 heteroatoms. The molecule has 1 atom stereocenters. The summed E-state index contributed by atoms with van der Waals surface area (Å²) in [5.41, 5.74) is 0.952. The van der Waals surface area contributed by atoms with Crippen molar-refractivity contribution in [3.63, 3.8) is 0 Å². The molecule has 0 aromatic heterocycles. The number of nitrogens with zero attached hydrogens (tertiary/aromatic N) is 1. The van der Waals surface area contributed by atoms with Gasteiger partial charge in [0.25, 0.3) is 0 Å². The summed E-state index contributed by atoms with van der Waals surface area (Å²) >= 11 is 6.98. The van der Waals surface area contributed by atoms with Gasteiger partial charge in [-0.05, 0) is 43.1 Å². The normalized spacial score (nSPS) is 18.8. The Labute approximate surface area is 132 Å². The Morgan fingerprint density at radius 1 is 1.16 bits per heavy atom. The minimum absolute atomic E-state index is 0.512. The van der Waals surface area contributed by atoms with Crippen LogP contribution in [0.25, 0.3) is 0 Å². The third-order valence-electron chi connectivity index (χ3n) is 3.91. The van der Waals surface area contributed by atoms with E-state index in [0.717, 1.165) is 21.1 Å². The lowest BCUT2D eigenvalue weighted by atomic mass is 9.93. The van der Waals surface area contributed by atoms with E-state index in [1.165, 1.54) is 32.1 Å². The number of rotatable bonds is 4. The first kappa shape index (κ1) is 15.5. The van der Waals surface area contributed by atoms with E-state index >= 15 is 0 Å². The molecule has 1 aromatic rings. The molecule has 1 aliphatic carbocycles. The summed E-state index contributed by atoms with van der Waals surface area (Å²) in [4.78, 5) is 2.23. The number of aliphatic hydroxyl groups is 1. The van der Waals surface area contributed by atoms with Gasteiger partial charge in [0.05, 0.1) is 0 Å². The van der Waals surface area contributed by atoms with Crippen molar-refractivity contribution in [1.82, 2.24) is 4.90 Å². The van der Waals surface area contributed by atoms with Gasteiger partial charge in [0.1, 0.15) is 6.23 Å². The van der Waals surface area contributed by atoms with Crippen LogP contribution in [0.5, 0.6) is 0 Å². The molecule has 1 unspecified atom stereocenters. The zero-order chi connectivity index (χ0) is 13.8. The van der Waals surface area contributed by atoms with Crippen molar-refractivity contribution in [2.24, 2.45) is 0 Å². The molecular formula is C15H21Br2NO. The molecule has 1 aromatic carbocycles. The van der Waals surface area contributed by atoms with E-state index in [0.29, 0.717) is 6.04 Å². The Bertz CT molecular complexity index is 398. The first-order valence-electron chi connectivity index (χ1n) is 7.01. The number of hydrogen-bond donors (Lipinski definition) is 1. The highest BCUT2D eigenvalue weighted by molar-refractivity contribution is 9.11. The standard InChI is InChI=1S/C15H21Br2NO/c1-2-18(14-6-4-3-5-7-14)15(19)11-8-12(16)10-13(17)9-11/h8-10,14-15,19H,2-7H2,1H3. The van der Waals surface area contributed by atoms with Crippen LogP contribution in [0.3, 0.4) is 0 Å². The van der Waals surface area contributed by atoms with Gasteiger partial charge >= 0.3 is 0 Å². The van der Waals surface area contributed by atoms with Gasteiger partial charge in [-0.15, -0.1) is 0 Å². The van der Waals surface area contributed by atoms with Crippen molar-refractivity contribution in [2.75, 3.05) is 6.54 Å². The lowest BCUT2D eigenvalue weighted by molar-refractivity contribution is -0.0335. The maximum atomic E-state index is 10.7. The van der Waals surface area contributed by atoms with E-state index in [1.54, 1.807) is 0 Å². The maximum Gasteiger partial charge on any atom is 0.133 e. The summed E-state index contributed by atoms with van der Waals surface area (Å²) in [6.07, 6.45) is 5.82. The Morgan fingerprint density at radius 3 is 2.26 bits per heavy atom. The fourth-order valence-electron chi connectivity index (χ4n) is 2.96. The Hall–Kier alpha value is 0.1000. The SMILES string of the molecule is CCN(C1CCCCC1)C(O)c1cc(Br)cc(Br)c1. The predicted octanol–water partition coefficient (Wildman–Crippen LogP) is 4.86. The van der Waals surface area contributed by atoms with Crippen LogP contribution in [0.2, 0.25) is 0 Å². The molecule has 106 valence electrons. The van der Waals surface area contributed by atoms with Crippen LogP contribution >= 0.6 is 31.9 Å². The second-order valence-electron chi connectivity index (χ2n) is 5.20. The Balaban J connectivity index is 2.16. The van der Waals surface area contributed by atoms with E-state index in [-0.39, 0.29) is 0 Å². The average molecular weight is 391 g/mol. The molecular weight excluding hydrogens is 370 g/mol. The molecule has 2 nitrogen and oxygen atoms in total. The predicted molar refractivity (Wildman–Crippen MR) is 86.1 cm³/mol. The zero-order valence-corrected chi connectivity index (χ0v) is 14.5. The van der Waals surface area contributed by atoms with Gasteiger partial charge in [-0.2, -0.15) is 0 Å². The van der Waals surface area contributed by atoms with Gasteiger partial charge in [-0.25, -0.2) is 0 Å². The quantitative estimate of drug-likeness (QED) is 0.742. The van der Waals surface area contributed by atoms with Crippen molar-refractivity contribution in [3.8, 4) is 0 Å². The first-order chi connectivity index (χ1) is 9.11. The van der Waals surface area contributed by atoms with E-state index < -0.39 is 6.23 Å². The Kier molecular flexibility index (Phi) is 5.87. The lowest BCUT2D eigenvalue weighted by Crippen LogP contribution is -2.39. The van der Waals surface area contributed by atoms with Crippen molar-refractivity contribution in [3.05, 3.63) is 32.7 Å². The Morgan fingerprint density at radius 2 is 1.74 bits per heavy atom. The van der Waals surface area contributed by atoms with Crippen molar-refractivity contribution >= 4 is 31.9 Å². The van der Waals surface area contributed by atoms with Crippen LogP contribution in [0, 0.1) is 0 Å². The van der Waals surface area contributed by atoms with Gasteiger partial charge < -0.3 is 5.11 Å². The highest BCUT2D eigenvalue weighted by Crippen LogP contribution is 2.31. The lowest BCUT2D eigenvalue weighted by Gasteiger charge is -2.37. The number of aliphatic hydroxyl groups excluding tert-OH is 1. The maximum absolute atomic E-state index is 10.7. The molecule has 1 N–H and O–H groups in total. The van der Waals surface area contributed by atoms with Crippen molar-refractivity contribution in [2.45, 2.75) is 51.3 Å². The summed E-state index contributed by atoms with van der Waals surface area (Å²) < 4.78 is 1.99. The van der Waals surface area contributed by atoms with E-state index in [1.807, 2.05) is 18.2 Å². The summed E-state index contributed by atoms with van der Waals surface area (Å²) in [6.45, 7) is 3.01. The smallest absolute Gasteiger partial charge is 0.133 e. The molecule has 0 heterocycles. The highest BCUT2D eigenvalue weighted by atomic mass is 79.9. The average Bonchev–Trinajstić information content (AvgIpc) is 2.39. The molecule has 2 rings (SSSR count). The highest BCUT2D eigenvalue weighted by Gasteiger charge is 2.26. The zero-order valence-electron chi connectivity index (χ0n) is 11.3. The van der Waals surface area contributed by atoms with Gasteiger partial charge in [0.15, 0.2) is 0 Å². The first-order valence-corrected chi connectivity index (χ1v) is 8.60. The molecule has 0 radical (unpaired) electrons. The number of benzene rings is 1. The molecule has 0 amide bonds.